The van der Waals surface area contributed by atoms with Gasteiger partial charge in [0.1, 0.15) is 5.52 Å². The summed E-state index contributed by atoms with van der Waals surface area (Å²) in [5.41, 5.74) is 3.48. The highest BCUT2D eigenvalue weighted by Crippen LogP contribution is 2.35. The summed E-state index contributed by atoms with van der Waals surface area (Å²) >= 11 is 3.35. The molecule has 19 heavy (non-hydrogen) atoms. The van der Waals surface area contributed by atoms with E-state index in [0.29, 0.717) is 11.4 Å². The number of nitrogens with one attached hydrogen (secondary N) is 1. The van der Waals surface area contributed by atoms with Crippen molar-refractivity contribution in [3.63, 3.8) is 0 Å². The summed E-state index contributed by atoms with van der Waals surface area (Å²) in [5, 5.41) is 4.20. The Balaban J connectivity index is 2.89. The number of benzene rings is 1. The molecule has 0 amide bonds. The molecule has 1 heterocycles. The highest BCUT2D eigenvalue weighted by Gasteiger charge is 2.17. The van der Waals surface area contributed by atoms with Crippen LogP contribution in [0.3, 0.4) is 0 Å². The second-order valence-corrected chi connectivity index (χ2v) is 5.87. The highest BCUT2D eigenvalue weighted by atomic mass is 79.9. The van der Waals surface area contributed by atoms with Crippen molar-refractivity contribution in [2.24, 2.45) is 0 Å². The molecule has 1 N–H and O–H groups in total. The third-order valence-corrected chi connectivity index (χ3v) is 3.62. The summed E-state index contributed by atoms with van der Waals surface area (Å²) in [6, 6.07) is 3.38. The van der Waals surface area contributed by atoms with Crippen LogP contribution in [-0.2, 0) is 0 Å². The SMILES string of the molecule is CCNc1c(C(C)C)c(C)nc2c(F)cc(Br)cc12. The van der Waals surface area contributed by atoms with E-state index in [2.05, 4.69) is 40.1 Å². The van der Waals surface area contributed by atoms with Gasteiger partial charge in [-0.05, 0) is 37.5 Å². The molecule has 0 aliphatic heterocycles. The molecule has 0 saturated heterocycles. The van der Waals surface area contributed by atoms with Crippen LogP contribution in [0.2, 0.25) is 0 Å². The largest absolute Gasteiger partial charge is 0.384 e. The van der Waals surface area contributed by atoms with Gasteiger partial charge in [0.2, 0.25) is 0 Å². The minimum Gasteiger partial charge on any atom is -0.384 e. The minimum atomic E-state index is -0.290. The first kappa shape index (κ1) is 14.3. The van der Waals surface area contributed by atoms with E-state index in [1.165, 1.54) is 6.07 Å². The van der Waals surface area contributed by atoms with Crippen molar-refractivity contribution in [2.75, 3.05) is 11.9 Å². The zero-order valence-electron chi connectivity index (χ0n) is 11.6. The highest BCUT2D eigenvalue weighted by molar-refractivity contribution is 9.10. The maximum absolute atomic E-state index is 14.1. The van der Waals surface area contributed by atoms with Crippen LogP contribution in [0.5, 0.6) is 0 Å². The molecule has 102 valence electrons. The lowest BCUT2D eigenvalue weighted by Crippen LogP contribution is -2.07. The van der Waals surface area contributed by atoms with Crippen LogP contribution in [0.25, 0.3) is 10.9 Å². The fraction of sp³-hybridized carbons (Fsp3) is 0.400. The molecule has 0 spiro atoms. The molecular formula is C15H18BrFN2. The molecule has 1 aromatic heterocycles. The predicted molar refractivity (Wildman–Crippen MR) is 82.4 cm³/mol. The fourth-order valence-electron chi connectivity index (χ4n) is 2.50. The van der Waals surface area contributed by atoms with Crippen molar-refractivity contribution in [3.8, 4) is 0 Å². The van der Waals surface area contributed by atoms with E-state index < -0.39 is 0 Å². The van der Waals surface area contributed by atoms with Crippen molar-refractivity contribution in [1.82, 2.24) is 4.98 Å². The second kappa shape index (κ2) is 5.45. The molecule has 0 aliphatic rings. The van der Waals surface area contributed by atoms with Gasteiger partial charge in [-0.1, -0.05) is 29.8 Å². The Hall–Kier alpha value is -1.16. The lowest BCUT2D eigenvalue weighted by Gasteiger charge is -2.19. The Bertz CT molecular complexity index is 623. The number of anilines is 1. The predicted octanol–water partition coefficient (Wildman–Crippen LogP) is 5.00. The molecule has 2 aromatic rings. The van der Waals surface area contributed by atoms with Gasteiger partial charge in [-0.3, -0.25) is 0 Å². The van der Waals surface area contributed by atoms with Crippen LogP contribution in [-0.4, -0.2) is 11.5 Å². The van der Waals surface area contributed by atoms with E-state index >= 15 is 0 Å². The maximum atomic E-state index is 14.1. The Morgan fingerprint density at radius 3 is 2.63 bits per heavy atom. The normalized spacial score (nSPS) is 11.3. The second-order valence-electron chi connectivity index (χ2n) is 4.95. The van der Waals surface area contributed by atoms with Crippen LogP contribution in [0.4, 0.5) is 10.1 Å². The molecule has 0 aliphatic carbocycles. The van der Waals surface area contributed by atoms with Crippen LogP contribution in [0.1, 0.15) is 37.9 Å². The van der Waals surface area contributed by atoms with Crippen molar-refractivity contribution in [1.29, 1.82) is 0 Å². The van der Waals surface area contributed by atoms with Gasteiger partial charge in [0.05, 0.1) is 0 Å². The van der Waals surface area contributed by atoms with Crippen LogP contribution in [0, 0.1) is 12.7 Å². The third kappa shape index (κ3) is 2.59. The van der Waals surface area contributed by atoms with Crippen molar-refractivity contribution in [3.05, 3.63) is 33.7 Å². The lowest BCUT2D eigenvalue weighted by atomic mass is 9.96. The number of aryl methyl sites for hydroxylation is 1. The van der Waals surface area contributed by atoms with E-state index in [-0.39, 0.29) is 5.82 Å². The topological polar surface area (TPSA) is 24.9 Å². The van der Waals surface area contributed by atoms with Crippen molar-refractivity contribution >= 4 is 32.5 Å². The van der Waals surface area contributed by atoms with Crippen molar-refractivity contribution in [2.45, 2.75) is 33.6 Å². The molecule has 0 atom stereocenters. The van der Waals surface area contributed by atoms with Gasteiger partial charge in [-0.25, -0.2) is 9.37 Å². The van der Waals surface area contributed by atoms with Crippen LogP contribution in [0.15, 0.2) is 16.6 Å². The molecule has 0 fully saturated rings. The Morgan fingerprint density at radius 1 is 1.37 bits per heavy atom. The minimum absolute atomic E-state index is 0.290. The van der Waals surface area contributed by atoms with Gasteiger partial charge in [-0.15, -0.1) is 0 Å². The smallest absolute Gasteiger partial charge is 0.150 e. The van der Waals surface area contributed by atoms with E-state index in [4.69, 9.17) is 0 Å². The zero-order chi connectivity index (χ0) is 14.2. The quantitative estimate of drug-likeness (QED) is 0.859. The number of pyridine rings is 1. The molecule has 0 bridgehead atoms. The van der Waals surface area contributed by atoms with Gasteiger partial charge in [0, 0.05) is 27.8 Å². The number of rotatable bonds is 3. The Morgan fingerprint density at radius 2 is 2.05 bits per heavy atom. The summed E-state index contributed by atoms with van der Waals surface area (Å²) in [5.74, 6) is 0.0509. The van der Waals surface area contributed by atoms with Gasteiger partial charge in [-0.2, -0.15) is 0 Å². The Labute approximate surface area is 121 Å². The number of halogens is 2. The summed E-state index contributed by atoms with van der Waals surface area (Å²) in [4.78, 5) is 4.44. The fourth-order valence-corrected chi connectivity index (χ4v) is 2.93. The first-order valence-electron chi connectivity index (χ1n) is 6.48. The lowest BCUT2D eigenvalue weighted by molar-refractivity contribution is 0.635. The standard InChI is InChI=1S/C15H18BrFN2/c1-5-18-15-11-6-10(16)7-12(17)14(11)19-9(4)13(15)8(2)3/h6-8H,5H2,1-4H3,(H,18,19). The molecule has 1 aromatic carbocycles. The van der Waals surface area contributed by atoms with Gasteiger partial charge in [0.25, 0.3) is 0 Å². The summed E-state index contributed by atoms with van der Waals surface area (Å²) in [6.45, 7) is 9.04. The summed E-state index contributed by atoms with van der Waals surface area (Å²) < 4.78 is 14.8. The average Bonchev–Trinajstić information content (AvgIpc) is 2.30. The van der Waals surface area contributed by atoms with Gasteiger partial charge in [0.15, 0.2) is 5.82 Å². The monoisotopic (exact) mass is 324 g/mol. The zero-order valence-corrected chi connectivity index (χ0v) is 13.2. The molecular weight excluding hydrogens is 307 g/mol. The van der Waals surface area contributed by atoms with E-state index in [1.807, 2.05) is 19.9 Å². The van der Waals surface area contributed by atoms with E-state index in [0.717, 1.165) is 33.3 Å². The summed E-state index contributed by atoms with van der Waals surface area (Å²) in [6.07, 6.45) is 0. The Kier molecular flexibility index (Phi) is 4.09. The molecule has 2 rings (SSSR count). The maximum Gasteiger partial charge on any atom is 0.150 e. The number of nitrogens with zero attached hydrogens (tertiary/aromatic N) is 1. The molecule has 4 heteroatoms. The first-order valence-corrected chi connectivity index (χ1v) is 7.28. The van der Waals surface area contributed by atoms with E-state index in [1.54, 1.807) is 0 Å². The van der Waals surface area contributed by atoms with E-state index in [9.17, 15) is 4.39 Å². The first-order chi connectivity index (χ1) is 8.95. The molecule has 2 nitrogen and oxygen atoms in total. The number of aromatic nitrogens is 1. The molecule has 0 unspecified atom stereocenters. The molecule has 0 saturated carbocycles. The molecule has 0 radical (unpaired) electrons. The summed E-state index contributed by atoms with van der Waals surface area (Å²) in [7, 11) is 0. The number of fused-ring (bicyclic) bond motifs is 1. The van der Waals surface area contributed by atoms with Crippen molar-refractivity contribution < 1.29 is 4.39 Å². The van der Waals surface area contributed by atoms with Gasteiger partial charge >= 0.3 is 0 Å². The number of hydrogen-bond acceptors (Lipinski definition) is 2. The number of hydrogen-bond donors (Lipinski definition) is 1. The average molecular weight is 325 g/mol. The van der Waals surface area contributed by atoms with Crippen LogP contribution < -0.4 is 5.32 Å². The third-order valence-electron chi connectivity index (χ3n) is 3.17. The van der Waals surface area contributed by atoms with Crippen LogP contribution >= 0.6 is 15.9 Å². The van der Waals surface area contributed by atoms with Gasteiger partial charge < -0.3 is 5.32 Å².